The number of sulfonamides is 2. The number of aromatic nitrogens is 1. The van der Waals surface area contributed by atoms with Crippen LogP contribution in [0.2, 0.25) is 5.02 Å². The van der Waals surface area contributed by atoms with Gasteiger partial charge in [0, 0.05) is 11.4 Å². The second-order valence-corrected chi connectivity index (χ2v) is 11.1. The predicted octanol–water partition coefficient (Wildman–Crippen LogP) is 1.02. The van der Waals surface area contributed by atoms with Gasteiger partial charge in [-0.3, -0.25) is 9.59 Å². The first-order valence-electron chi connectivity index (χ1n) is 9.31. The number of nitrogens with two attached hydrogens (primary N) is 2. The molecule has 0 saturated heterocycles. The van der Waals surface area contributed by atoms with Gasteiger partial charge < -0.3 is 15.0 Å². The van der Waals surface area contributed by atoms with E-state index < -0.39 is 63.3 Å². The van der Waals surface area contributed by atoms with Crippen LogP contribution in [-0.4, -0.2) is 32.4 Å². The molecule has 1 atom stereocenters. The lowest BCUT2D eigenvalue weighted by Gasteiger charge is -2.16. The van der Waals surface area contributed by atoms with E-state index in [0.29, 0.717) is 18.0 Å². The molecule has 11 nitrogen and oxygen atoms in total. The Morgan fingerprint density at radius 1 is 1.15 bits per heavy atom. The molecule has 33 heavy (non-hydrogen) atoms. The first-order valence-corrected chi connectivity index (χ1v) is 12.8. The summed E-state index contributed by atoms with van der Waals surface area (Å²) in [7, 11) is -8.99. The number of nitrogens with zero attached hydrogens (tertiary/aromatic N) is 1. The number of carbonyl (C=O) groups excluding carboxylic acids is 1. The molecule has 0 radical (unpaired) electrons. The van der Waals surface area contributed by atoms with Gasteiger partial charge >= 0.3 is 0 Å². The second-order valence-electron chi connectivity index (χ2n) is 7.59. The van der Waals surface area contributed by atoms with Crippen molar-refractivity contribution in [2.45, 2.75) is 29.2 Å². The van der Waals surface area contributed by atoms with Crippen molar-refractivity contribution in [1.82, 2.24) is 4.57 Å². The molecule has 0 spiro atoms. The van der Waals surface area contributed by atoms with Gasteiger partial charge in [0.1, 0.15) is 21.1 Å². The zero-order chi connectivity index (χ0) is 24.5. The molecule has 0 unspecified atom stereocenters. The smallest absolute Gasteiger partial charge is 0.268 e. The van der Waals surface area contributed by atoms with Gasteiger partial charge in [-0.05, 0) is 37.1 Å². The minimum absolute atomic E-state index is 0.274. The van der Waals surface area contributed by atoms with E-state index >= 15 is 0 Å². The highest BCUT2D eigenvalue weighted by atomic mass is 35.5. The molecule has 1 aliphatic heterocycles. The number of hydrogen-bond acceptors (Lipinski definition) is 7. The van der Waals surface area contributed by atoms with Crippen molar-refractivity contribution in [3.63, 3.8) is 0 Å². The third-order valence-corrected chi connectivity index (χ3v) is 7.69. The molecular formula is C19H17ClN4O7S2. The van der Waals surface area contributed by atoms with E-state index in [4.69, 9.17) is 21.9 Å². The molecular weight excluding hydrogens is 496 g/mol. The molecule has 0 saturated carbocycles. The molecule has 0 aliphatic carbocycles. The van der Waals surface area contributed by atoms with Crippen LogP contribution in [0.1, 0.15) is 28.9 Å². The maximum absolute atomic E-state index is 13.1. The van der Waals surface area contributed by atoms with Gasteiger partial charge in [-0.1, -0.05) is 23.7 Å². The number of halogens is 1. The predicted molar refractivity (Wildman–Crippen MR) is 120 cm³/mol. The average Bonchev–Trinajstić information content (AvgIpc) is 3.01. The van der Waals surface area contributed by atoms with E-state index in [2.05, 4.69) is 5.32 Å². The summed E-state index contributed by atoms with van der Waals surface area (Å²) in [5.74, 6) is -1.72. The SMILES string of the molecule is C[C@H]1Cc2cccc3c(O)c(C(=O)Nc4cc(Cl)c(S(N)(=O)=O)cc4S(N)(=O)=O)c(=O)n1c23. The number of carbonyl (C=O) groups is 1. The van der Waals surface area contributed by atoms with Crippen molar-refractivity contribution < 1.29 is 26.7 Å². The number of aromatic hydroxyl groups is 1. The maximum Gasteiger partial charge on any atom is 0.268 e. The third-order valence-electron chi connectivity index (χ3n) is 5.36. The normalized spacial score (nSPS) is 15.7. The van der Waals surface area contributed by atoms with E-state index in [-0.39, 0.29) is 11.4 Å². The first-order chi connectivity index (χ1) is 15.2. The molecule has 2 aromatic carbocycles. The molecule has 1 aromatic heterocycles. The summed E-state index contributed by atoms with van der Waals surface area (Å²) in [5.41, 5.74) is -0.558. The Morgan fingerprint density at radius 2 is 1.79 bits per heavy atom. The standard InChI is InChI=1S/C19H17ClN4O7S2/c1-8-5-9-3-2-4-10-16(9)24(8)19(27)15(17(10)25)18(26)23-12-6-11(20)13(32(21,28)29)7-14(12)33(22,30)31/h2-4,6-8,25H,5H2,1H3,(H,23,26)(H2,21,28,29)(H2,22,30,31)/t8-/m0/s1. The quantitative estimate of drug-likeness (QED) is 0.400. The Morgan fingerprint density at radius 3 is 2.39 bits per heavy atom. The summed E-state index contributed by atoms with van der Waals surface area (Å²) in [5, 5.41) is 22.9. The van der Waals surface area contributed by atoms with Crippen molar-refractivity contribution >= 4 is 54.1 Å². The summed E-state index contributed by atoms with van der Waals surface area (Å²) < 4.78 is 48.9. The van der Waals surface area contributed by atoms with E-state index in [1.807, 2.05) is 6.07 Å². The Kier molecular flexibility index (Phi) is 5.29. The number of benzene rings is 2. The summed E-state index contributed by atoms with van der Waals surface area (Å²) in [6.07, 6.45) is 0.525. The summed E-state index contributed by atoms with van der Waals surface area (Å²) in [4.78, 5) is 24.7. The van der Waals surface area contributed by atoms with E-state index in [1.54, 1.807) is 19.1 Å². The molecule has 1 amide bonds. The van der Waals surface area contributed by atoms with Crippen molar-refractivity contribution in [3.8, 4) is 5.75 Å². The van der Waals surface area contributed by atoms with Gasteiger partial charge in [0.05, 0.1) is 16.2 Å². The second kappa shape index (κ2) is 7.53. The zero-order valence-corrected chi connectivity index (χ0v) is 19.3. The molecule has 3 aromatic rings. The van der Waals surface area contributed by atoms with Crippen molar-refractivity contribution in [2.75, 3.05) is 5.32 Å². The Labute approximate surface area is 192 Å². The van der Waals surface area contributed by atoms with Crippen LogP contribution in [0.25, 0.3) is 10.9 Å². The largest absolute Gasteiger partial charge is 0.506 e. The minimum Gasteiger partial charge on any atom is -0.506 e. The van der Waals surface area contributed by atoms with E-state index in [1.165, 1.54) is 4.57 Å². The fourth-order valence-corrected chi connectivity index (χ4v) is 5.87. The van der Waals surface area contributed by atoms with E-state index in [9.17, 15) is 31.5 Å². The Hall–Kier alpha value is -2.97. The maximum atomic E-state index is 13.1. The van der Waals surface area contributed by atoms with Crippen LogP contribution in [-0.2, 0) is 26.5 Å². The van der Waals surface area contributed by atoms with Crippen molar-refractivity contribution in [1.29, 1.82) is 0 Å². The summed E-state index contributed by atoms with van der Waals surface area (Å²) in [6, 6.07) is 6.18. The average molecular weight is 513 g/mol. The van der Waals surface area contributed by atoms with Crippen molar-refractivity contribution in [2.24, 2.45) is 10.3 Å². The number of amides is 1. The third kappa shape index (κ3) is 3.77. The minimum atomic E-state index is -4.57. The molecule has 14 heteroatoms. The van der Waals surface area contributed by atoms with Crippen LogP contribution in [0, 0.1) is 0 Å². The van der Waals surface area contributed by atoms with Gasteiger partial charge in [0.25, 0.3) is 11.5 Å². The molecule has 1 aliphatic rings. The number of nitrogens with one attached hydrogen (secondary N) is 1. The molecule has 4 rings (SSSR count). The Bertz CT molecular complexity index is 1650. The molecule has 174 valence electrons. The van der Waals surface area contributed by atoms with Crippen LogP contribution < -0.4 is 21.2 Å². The van der Waals surface area contributed by atoms with Crippen LogP contribution in [0.4, 0.5) is 5.69 Å². The van der Waals surface area contributed by atoms with E-state index in [0.717, 1.165) is 11.6 Å². The fourth-order valence-electron chi connectivity index (χ4n) is 4.00. The topological polar surface area (TPSA) is 192 Å². The van der Waals surface area contributed by atoms with Crippen LogP contribution in [0.3, 0.4) is 0 Å². The number of para-hydroxylation sites is 1. The fraction of sp³-hybridized carbons (Fsp3) is 0.158. The van der Waals surface area contributed by atoms with Crippen LogP contribution >= 0.6 is 11.6 Å². The van der Waals surface area contributed by atoms with Crippen molar-refractivity contribution in [3.05, 3.63) is 56.8 Å². The molecule has 2 heterocycles. The zero-order valence-electron chi connectivity index (χ0n) is 16.9. The van der Waals surface area contributed by atoms with Gasteiger partial charge in [-0.25, -0.2) is 27.1 Å². The number of primary sulfonamides is 2. The highest BCUT2D eigenvalue weighted by molar-refractivity contribution is 7.90. The summed E-state index contributed by atoms with van der Waals surface area (Å²) in [6.45, 7) is 1.78. The monoisotopic (exact) mass is 512 g/mol. The lowest BCUT2D eigenvalue weighted by molar-refractivity contribution is 0.102. The lowest BCUT2D eigenvalue weighted by Crippen LogP contribution is -2.30. The van der Waals surface area contributed by atoms with Gasteiger partial charge in [0.15, 0.2) is 0 Å². The van der Waals surface area contributed by atoms with Crippen LogP contribution in [0.5, 0.6) is 5.75 Å². The Balaban J connectivity index is 1.91. The van der Waals surface area contributed by atoms with Gasteiger partial charge in [0.2, 0.25) is 20.0 Å². The number of hydrogen-bond donors (Lipinski definition) is 4. The first kappa shape index (κ1) is 23.2. The molecule has 6 N–H and O–H groups in total. The highest BCUT2D eigenvalue weighted by Gasteiger charge is 2.30. The van der Waals surface area contributed by atoms with Crippen LogP contribution in [0.15, 0.2) is 44.9 Å². The summed E-state index contributed by atoms with van der Waals surface area (Å²) >= 11 is 5.92. The molecule has 0 bridgehead atoms. The van der Waals surface area contributed by atoms with Gasteiger partial charge in [-0.2, -0.15) is 0 Å². The van der Waals surface area contributed by atoms with Gasteiger partial charge in [-0.15, -0.1) is 0 Å². The lowest BCUT2D eigenvalue weighted by atomic mass is 10.1. The number of rotatable bonds is 4. The number of anilines is 1. The molecule has 0 fully saturated rings. The number of pyridine rings is 1. The highest BCUT2D eigenvalue weighted by Crippen LogP contribution is 2.37.